The first kappa shape index (κ1) is 15.6. The average Bonchev–Trinajstić information content (AvgIpc) is 2.74. The normalized spacial score (nSPS) is 19.1. The van der Waals surface area contributed by atoms with Crippen LogP contribution in [-0.2, 0) is 16.1 Å². The minimum Gasteiger partial charge on any atom is -0.354 e. The maximum Gasteiger partial charge on any atom is 0.190 e. The fraction of sp³-hybridized carbons (Fsp3) is 0.500. The number of aromatic nitrogens is 2. The summed E-state index contributed by atoms with van der Waals surface area (Å²) in [5, 5.41) is 4.05. The van der Waals surface area contributed by atoms with Gasteiger partial charge >= 0.3 is 0 Å². The monoisotopic (exact) mass is 366 g/mol. The predicted octanol–water partition coefficient (Wildman–Crippen LogP) is 4.24. The summed E-state index contributed by atoms with van der Waals surface area (Å²) in [6.07, 6.45) is 6.01. The Morgan fingerprint density at radius 3 is 3.05 bits per heavy atom. The van der Waals surface area contributed by atoms with Crippen LogP contribution >= 0.6 is 15.9 Å². The van der Waals surface area contributed by atoms with Crippen molar-refractivity contribution >= 4 is 15.9 Å². The van der Waals surface area contributed by atoms with Crippen molar-refractivity contribution in [3.8, 4) is 11.5 Å². The smallest absolute Gasteiger partial charge is 0.190 e. The first-order valence-corrected chi connectivity index (χ1v) is 8.33. The molecule has 6 heteroatoms. The number of halogens is 1. The topological polar surface area (TPSA) is 57.4 Å². The lowest BCUT2D eigenvalue weighted by molar-refractivity contribution is -0.147. The highest BCUT2D eigenvalue weighted by Gasteiger charge is 2.19. The molecule has 1 unspecified atom stereocenters. The zero-order valence-electron chi connectivity index (χ0n) is 12.5. The van der Waals surface area contributed by atoms with Crippen LogP contribution in [0.25, 0.3) is 11.5 Å². The number of rotatable bonds is 4. The highest BCUT2D eigenvalue weighted by atomic mass is 79.9. The quantitative estimate of drug-likeness (QED) is 0.809. The predicted molar refractivity (Wildman–Crippen MR) is 85.2 cm³/mol. The molecule has 1 fully saturated rings. The van der Waals surface area contributed by atoms with E-state index in [4.69, 9.17) is 14.0 Å². The standard InChI is InChI=1S/C16H19BrN2O3/c1-11-13(10-21-15-5-3-2-4-8-20-15)16(22-19-11)14-7-6-12(17)9-18-14/h6-7,9,15H,2-5,8,10H2,1H3. The van der Waals surface area contributed by atoms with Gasteiger partial charge in [-0.1, -0.05) is 11.6 Å². The van der Waals surface area contributed by atoms with Crippen molar-refractivity contribution in [2.45, 2.75) is 45.5 Å². The number of hydrogen-bond acceptors (Lipinski definition) is 5. The van der Waals surface area contributed by atoms with E-state index in [1.54, 1.807) is 6.20 Å². The van der Waals surface area contributed by atoms with E-state index in [1.165, 1.54) is 6.42 Å². The van der Waals surface area contributed by atoms with Gasteiger partial charge in [0.1, 0.15) is 5.69 Å². The van der Waals surface area contributed by atoms with E-state index in [0.29, 0.717) is 12.4 Å². The molecule has 0 radical (unpaired) electrons. The lowest BCUT2D eigenvalue weighted by Crippen LogP contribution is -2.16. The molecule has 118 valence electrons. The zero-order valence-corrected chi connectivity index (χ0v) is 14.1. The number of aryl methyl sites for hydroxylation is 1. The van der Waals surface area contributed by atoms with Gasteiger partial charge in [0.2, 0.25) is 0 Å². The van der Waals surface area contributed by atoms with Gasteiger partial charge < -0.3 is 14.0 Å². The molecule has 0 aliphatic carbocycles. The van der Waals surface area contributed by atoms with Crippen LogP contribution < -0.4 is 0 Å². The Kier molecular flexibility index (Phi) is 5.23. The second-order valence-corrected chi connectivity index (χ2v) is 6.31. The highest BCUT2D eigenvalue weighted by molar-refractivity contribution is 9.10. The first-order chi connectivity index (χ1) is 10.7. The third-order valence-corrected chi connectivity index (χ3v) is 4.22. The molecule has 0 aromatic carbocycles. The number of nitrogens with zero attached hydrogens (tertiary/aromatic N) is 2. The van der Waals surface area contributed by atoms with E-state index < -0.39 is 0 Å². The van der Waals surface area contributed by atoms with Gasteiger partial charge in [-0.05, 0) is 54.2 Å². The number of pyridine rings is 1. The molecule has 2 aromatic heterocycles. The molecule has 22 heavy (non-hydrogen) atoms. The second-order valence-electron chi connectivity index (χ2n) is 5.40. The van der Waals surface area contributed by atoms with Crippen molar-refractivity contribution in [3.63, 3.8) is 0 Å². The summed E-state index contributed by atoms with van der Waals surface area (Å²) in [6, 6.07) is 3.83. The molecular weight excluding hydrogens is 348 g/mol. The Hall–Kier alpha value is -1.24. The van der Waals surface area contributed by atoms with Gasteiger partial charge in [0.05, 0.1) is 17.9 Å². The fourth-order valence-corrected chi connectivity index (χ4v) is 2.70. The zero-order chi connectivity index (χ0) is 15.4. The van der Waals surface area contributed by atoms with E-state index in [9.17, 15) is 0 Å². The van der Waals surface area contributed by atoms with Crippen LogP contribution in [0, 0.1) is 6.92 Å². The van der Waals surface area contributed by atoms with Gasteiger partial charge in [0, 0.05) is 17.3 Å². The maximum absolute atomic E-state index is 5.91. The van der Waals surface area contributed by atoms with Gasteiger partial charge in [0.25, 0.3) is 0 Å². The molecule has 0 spiro atoms. The van der Waals surface area contributed by atoms with E-state index in [1.807, 2.05) is 19.1 Å². The summed E-state index contributed by atoms with van der Waals surface area (Å²) in [5.74, 6) is 0.665. The number of hydrogen-bond donors (Lipinski definition) is 0. The summed E-state index contributed by atoms with van der Waals surface area (Å²) in [5.41, 5.74) is 2.51. The molecule has 5 nitrogen and oxygen atoms in total. The SMILES string of the molecule is Cc1noc(-c2ccc(Br)cn2)c1COC1CCCCCO1. The summed E-state index contributed by atoms with van der Waals surface area (Å²) >= 11 is 3.38. The summed E-state index contributed by atoms with van der Waals surface area (Å²) < 4.78 is 18.0. The molecule has 0 bridgehead atoms. The molecule has 3 heterocycles. The van der Waals surface area contributed by atoms with Crippen molar-refractivity contribution in [1.82, 2.24) is 10.1 Å². The molecular formula is C16H19BrN2O3. The fourth-order valence-electron chi connectivity index (χ4n) is 2.47. The van der Waals surface area contributed by atoms with Crippen LogP contribution in [0.3, 0.4) is 0 Å². The highest BCUT2D eigenvalue weighted by Crippen LogP contribution is 2.27. The van der Waals surface area contributed by atoms with E-state index in [-0.39, 0.29) is 6.29 Å². The van der Waals surface area contributed by atoms with Crippen LogP contribution in [-0.4, -0.2) is 23.0 Å². The van der Waals surface area contributed by atoms with Gasteiger partial charge in [0.15, 0.2) is 12.1 Å². The van der Waals surface area contributed by atoms with Crippen molar-refractivity contribution in [2.24, 2.45) is 0 Å². The van der Waals surface area contributed by atoms with Gasteiger partial charge in [-0.15, -0.1) is 0 Å². The van der Waals surface area contributed by atoms with Crippen molar-refractivity contribution < 1.29 is 14.0 Å². The van der Waals surface area contributed by atoms with Gasteiger partial charge in [-0.2, -0.15) is 0 Å². The summed E-state index contributed by atoms with van der Waals surface area (Å²) in [4.78, 5) is 4.36. The minimum absolute atomic E-state index is 0.137. The molecule has 1 aliphatic rings. The Morgan fingerprint density at radius 1 is 1.32 bits per heavy atom. The van der Waals surface area contributed by atoms with Crippen molar-refractivity contribution in [3.05, 3.63) is 34.1 Å². The summed E-state index contributed by atoms with van der Waals surface area (Å²) in [7, 11) is 0. The lowest BCUT2D eigenvalue weighted by Gasteiger charge is -2.15. The molecule has 0 saturated carbocycles. The summed E-state index contributed by atoms with van der Waals surface area (Å²) in [6.45, 7) is 3.11. The van der Waals surface area contributed by atoms with Crippen molar-refractivity contribution in [1.29, 1.82) is 0 Å². The maximum atomic E-state index is 5.91. The molecule has 0 N–H and O–H groups in total. The Labute approximate surface area is 138 Å². The average molecular weight is 367 g/mol. The minimum atomic E-state index is -0.137. The third kappa shape index (κ3) is 3.74. The molecule has 1 aliphatic heterocycles. The van der Waals surface area contributed by atoms with Gasteiger partial charge in [-0.3, -0.25) is 4.98 Å². The molecule has 1 atom stereocenters. The number of ether oxygens (including phenoxy) is 2. The van der Waals surface area contributed by atoms with E-state index in [2.05, 4.69) is 26.1 Å². The second kappa shape index (κ2) is 7.35. The Balaban J connectivity index is 1.73. The van der Waals surface area contributed by atoms with Crippen LogP contribution in [0.5, 0.6) is 0 Å². The Bertz CT molecular complexity index is 604. The third-order valence-electron chi connectivity index (χ3n) is 3.75. The molecule has 0 amide bonds. The van der Waals surface area contributed by atoms with E-state index >= 15 is 0 Å². The molecule has 1 saturated heterocycles. The van der Waals surface area contributed by atoms with Crippen LogP contribution in [0.15, 0.2) is 27.3 Å². The largest absolute Gasteiger partial charge is 0.354 e. The van der Waals surface area contributed by atoms with Crippen molar-refractivity contribution in [2.75, 3.05) is 6.61 Å². The Morgan fingerprint density at radius 2 is 2.23 bits per heavy atom. The lowest BCUT2D eigenvalue weighted by atomic mass is 10.1. The molecule has 2 aromatic rings. The van der Waals surface area contributed by atoms with E-state index in [0.717, 1.165) is 47.3 Å². The van der Waals surface area contributed by atoms with Crippen LogP contribution in [0.1, 0.15) is 36.9 Å². The van der Waals surface area contributed by atoms with Gasteiger partial charge in [-0.25, -0.2) is 0 Å². The van der Waals surface area contributed by atoms with Crippen LogP contribution in [0.2, 0.25) is 0 Å². The van der Waals surface area contributed by atoms with Crippen LogP contribution in [0.4, 0.5) is 0 Å². The molecule has 3 rings (SSSR count). The first-order valence-electron chi connectivity index (χ1n) is 7.54.